The average molecular weight is 272 g/mol. The Balaban J connectivity index is 3.03. The number of carbonyl (C=O) groups excluding carboxylic acids is 1. The normalized spacial score (nSPS) is 11.6. The van der Waals surface area contributed by atoms with Crippen molar-refractivity contribution < 1.29 is 18.4 Å². The Kier molecular flexibility index (Phi) is 4.83. The van der Waals surface area contributed by atoms with Crippen molar-refractivity contribution in [2.75, 3.05) is 13.1 Å². The largest absolute Gasteiger partial charge is 0.289 e. The van der Waals surface area contributed by atoms with Crippen molar-refractivity contribution in [1.29, 1.82) is 0 Å². The van der Waals surface area contributed by atoms with Gasteiger partial charge in [-0.3, -0.25) is 10.0 Å². The van der Waals surface area contributed by atoms with Crippen LogP contribution in [-0.2, 0) is 14.8 Å². The van der Waals surface area contributed by atoms with Gasteiger partial charge in [0.25, 0.3) is 5.91 Å². The number of benzene rings is 1. The number of likely N-dealkylation sites (N-methyl/N-ethyl adjacent to an activating group) is 1. The van der Waals surface area contributed by atoms with E-state index < -0.39 is 22.5 Å². The van der Waals surface area contributed by atoms with Crippen molar-refractivity contribution in [1.82, 2.24) is 9.79 Å². The van der Waals surface area contributed by atoms with Gasteiger partial charge < -0.3 is 0 Å². The average Bonchev–Trinajstić information content (AvgIpc) is 2.35. The number of sulfonamides is 1. The second-order valence-corrected chi connectivity index (χ2v) is 5.72. The summed E-state index contributed by atoms with van der Waals surface area (Å²) in [5.74, 6) is -0.771. The first-order valence-electron chi connectivity index (χ1n) is 5.41. The molecule has 0 unspecified atom stereocenters. The highest BCUT2D eigenvalue weighted by molar-refractivity contribution is 7.89. The van der Waals surface area contributed by atoms with Gasteiger partial charge in [-0.2, -0.15) is 4.31 Å². The zero-order valence-electron chi connectivity index (χ0n) is 10.3. The molecule has 0 heterocycles. The molecule has 0 radical (unpaired) electrons. The molecule has 1 amide bonds. The molecule has 0 aromatic heterocycles. The summed E-state index contributed by atoms with van der Waals surface area (Å²) in [6.45, 7) is 3.20. The minimum atomic E-state index is -3.71. The highest BCUT2D eigenvalue weighted by Gasteiger charge is 2.24. The molecule has 0 aliphatic rings. The smallest absolute Gasteiger partial charge is 0.258 e. The number of nitrogens with zero attached hydrogens (tertiary/aromatic N) is 1. The SMILES string of the molecule is CCN(CC(=O)NO)S(=O)(=O)c1ccc(C)cc1. The molecule has 0 fully saturated rings. The summed E-state index contributed by atoms with van der Waals surface area (Å²) in [6.07, 6.45) is 0. The molecular formula is C11H16N2O4S. The first kappa shape index (κ1) is 14.6. The lowest BCUT2D eigenvalue weighted by Gasteiger charge is -2.19. The predicted molar refractivity (Wildman–Crippen MR) is 65.5 cm³/mol. The van der Waals surface area contributed by atoms with Gasteiger partial charge >= 0.3 is 0 Å². The molecule has 1 aromatic carbocycles. The zero-order valence-corrected chi connectivity index (χ0v) is 11.1. The molecule has 0 aliphatic carbocycles. The van der Waals surface area contributed by atoms with Crippen LogP contribution in [0.2, 0.25) is 0 Å². The van der Waals surface area contributed by atoms with E-state index in [9.17, 15) is 13.2 Å². The van der Waals surface area contributed by atoms with Crippen LogP contribution in [0, 0.1) is 6.92 Å². The molecule has 0 atom stereocenters. The lowest BCUT2D eigenvalue weighted by Crippen LogP contribution is -2.39. The summed E-state index contributed by atoms with van der Waals surface area (Å²) in [6, 6.07) is 6.36. The second kappa shape index (κ2) is 5.94. The van der Waals surface area contributed by atoms with Gasteiger partial charge in [0.1, 0.15) is 0 Å². The number of aryl methyl sites for hydroxylation is 1. The number of nitrogens with one attached hydrogen (secondary N) is 1. The van der Waals surface area contributed by atoms with E-state index in [0.717, 1.165) is 9.87 Å². The van der Waals surface area contributed by atoms with Crippen molar-refractivity contribution in [2.45, 2.75) is 18.7 Å². The van der Waals surface area contributed by atoms with Crippen molar-refractivity contribution in [3.8, 4) is 0 Å². The quantitative estimate of drug-likeness (QED) is 0.604. The van der Waals surface area contributed by atoms with Crippen LogP contribution in [-0.4, -0.2) is 36.9 Å². The molecule has 0 aliphatic heterocycles. The van der Waals surface area contributed by atoms with Crippen molar-refractivity contribution in [3.05, 3.63) is 29.8 Å². The van der Waals surface area contributed by atoms with Crippen LogP contribution in [0.3, 0.4) is 0 Å². The molecule has 0 bridgehead atoms. The van der Waals surface area contributed by atoms with Crippen LogP contribution in [0.25, 0.3) is 0 Å². The number of hydrogen-bond donors (Lipinski definition) is 2. The van der Waals surface area contributed by atoms with Gasteiger partial charge in [-0.05, 0) is 19.1 Å². The maximum Gasteiger partial charge on any atom is 0.258 e. The standard InChI is InChI=1S/C11H16N2O4S/c1-3-13(8-11(14)12-15)18(16,17)10-6-4-9(2)5-7-10/h4-7,15H,3,8H2,1-2H3,(H,12,14). The van der Waals surface area contributed by atoms with Gasteiger partial charge in [-0.1, -0.05) is 24.6 Å². The number of rotatable bonds is 5. The summed E-state index contributed by atoms with van der Waals surface area (Å²) in [4.78, 5) is 11.2. The number of hydrogen-bond acceptors (Lipinski definition) is 4. The number of carbonyl (C=O) groups is 1. The van der Waals surface area contributed by atoms with Crippen molar-refractivity contribution in [3.63, 3.8) is 0 Å². The van der Waals surface area contributed by atoms with Gasteiger partial charge in [0.05, 0.1) is 11.4 Å². The molecule has 7 heteroatoms. The molecule has 0 saturated carbocycles. The molecule has 1 aromatic rings. The van der Waals surface area contributed by atoms with Gasteiger partial charge in [0.2, 0.25) is 10.0 Å². The molecule has 0 spiro atoms. The van der Waals surface area contributed by atoms with Crippen LogP contribution >= 0.6 is 0 Å². The fourth-order valence-electron chi connectivity index (χ4n) is 1.42. The molecular weight excluding hydrogens is 256 g/mol. The van der Waals surface area contributed by atoms with Crippen molar-refractivity contribution in [2.24, 2.45) is 0 Å². The molecule has 100 valence electrons. The highest BCUT2D eigenvalue weighted by Crippen LogP contribution is 2.15. The van der Waals surface area contributed by atoms with E-state index in [-0.39, 0.29) is 11.4 Å². The van der Waals surface area contributed by atoms with Crippen LogP contribution in [0.15, 0.2) is 29.2 Å². The fraction of sp³-hybridized carbons (Fsp3) is 0.364. The maximum absolute atomic E-state index is 12.2. The van der Waals surface area contributed by atoms with E-state index in [1.54, 1.807) is 19.1 Å². The number of amides is 1. The van der Waals surface area contributed by atoms with Crippen molar-refractivity contribution >= 4 is 15.9 Å². The van der Waals surface area contributed by atoms with Gasteiger partial charge in [0, 0.05) is 6.54 Å². The van der Waals surface area contributed by atoms with E-state index in [2.05, 4.69) is 0 Å². The maximum atomic E-state index is 12.2. The Bertz CT molecular complexity index is 510. The van der Waals surface area contributed by atoms with Crippen LogP contribution < -0.4 is 5.48 Å². The number of hydroxylamine groups is 1. The van der Waals surface area contributed by atoms with Crippen LogP contribution in [0.4, 0.5) is 0 Å². The van der Waals surface area contributed by atoms with Gasteiger partial charge in [-0.25, -0.2) is 13.9 Å². The molecule has 18 heavy (non-hydrogen) atoms. The van der Waals surface area contributed by atoms with E-state index in [4.69, 9.17) is 5.21 Å². The molecule has 2 N–H and O–H groups in total. The van der Waals surface area contributed by atoms with E-state index in [0.29, 0.717) is 0 Å². The lowest BCUT2D eigenvalue weighted by molar-refractivity contribution is -0.129. The molecule has 1 rings (SSSR count). The Morgan fingerprint density at radius 3 is 2.33 bits per heavy atom. The van der Waals surface area contributed by atoms with E-state index in [1.807, 2.05) is 6.92 Å². The minimum absolute atomic E-state index is 0.126. The van der Waals surface area contributed by atoms with Crippen LogP contribution in [0.5, 0.6) is 0 Å². The molecule has 6 nitrogen and oxygen atoms in total. The third kappa shape index (κ3) is 3.28. The first-order chi connectivity index (χ1) is 8.41. The van der Waals surface area contributed by atoms with Gasteiger partial charge in [0.15, 0.2) is 0 Å². The highest BCUT2D eigenvalue weighted by atomic mass is 32.2. The summed E-state index contributed by atoms with van der Waals surface area (Å²) < 4.78 is 25.4. The topological polar surface area (TPSA) is 86.7 Å². The molecule has 0 saturated heterocycles. The Morgan fingerprint density at radius 1 is 1.33 bits per heavy atom. The third-order valence-electron chi connectivity index (χ3n) is 2.46. The Hall–Kier alpha value is -1.44. The monoisotopic (exact) mass is 272 g/mol. The summed E-state index contributed by atoms with van der Waals surface area (Å²) in [5, 5.41) is 8.43. The fourth-order valence-corrected chi connectivity index (χ4v) is 2.83. The minimum Gasteiger partial charge on any atom is -0.289 e. The Morgan fingerprint density at radius 2 is 1.89 bits per heavy atom. The van der Waals surface area contributed by atoms with Gasteiger partial charge in [-0.15, -0.1) is 0 Å². The predicted octanol–water partition coefficient (Wildman–Crippen LogP) is 0.511. The zero-order chi connectivity index (χ0) is 13.8. The van der Waals surface area contributed by atoms with Crippen LogP contribution in [0.1, 0.15) is 12.5 Å². The summed E-state index contributed by atoms with van der Waals surface area (Å²) in [5.41, 5.74) is 2.37. The lowest BCUT2D eigenvalue weighted by atomic mass is 10.2. The first-order valence-corrected chi connectivity index (χ1v) is 6.85. The van der Waals surface area contributed by atoms with E-state index in [1.165, 1.54) is 17.6 Å². The summed E-state index contributed by atoms with van der Waals surface area (Å²) >= 11 is 0. The summed E-state index contributed by atoms with van der Waals surface area (Å²) in [7, 11) is -3.71. The van der Waals surface area contributed by atoms with E-state index >= 15 is 0 Å². The Labute approximate surface area is 106 Å². The second-order valence-electron chi connectivity index (χ2n) is 3.78. The third-order valence-corrected chi connectivity index (χ3v) is 4.39.